The van der Waals surface area contributed by atoms with Gasteiger partial charge in [-0.05, 0) is 50.9 Å². The average Bonchev–Trinajstić information content (AvgIpc) is 2.56. The second-order valence-corrected chi connectivity index (χ2v) is 6.62. The van der Waals surface area contributed by atoms with Gasteiger partial charge in [0.25, 0.3) is 0 Å². The van der Waals surface area contributed by atoms with Gasteiger partial charge in [-0.25, -0.2) is 0 Å². The van der Waals surface area contributed by atoms with Crippen LogP contribution in [0.5, 0.6) is 0 Å². The van der Waals surface area contributed by atoms with Crippen molar-refractivity contribution in [3.8, 4) is 0 Å². The molecule has 0 amide bonds. The first-order valence-electron chi connectivity index (χ1n) is 9.52. The predicted molar refractivity (Wildman–Crippen MR) is 91.1 cm³/mol. The standard InChI is InChI=1S/C19H34O4/c1-3-5-10-15-22-18(20)13-8-9-14-19(21)23-17-12-7-6-11-16(17)4-2/h16-17H,3-15H2,1-2H3. The number of carbonyl (C=O) groups is 2. The molecule has 4 nitrogen and oxygen atoms in total. The zero-order chi connectivity index (χ0) is 16.9. The van der Waals surface area contributed by atoms with E-state index in [1.54, 1.807) is 0 Å². The van der Waals surface area contributed by atoms with Crippen LogP contribution >= 0.6 is 0 Å². The number of rotatable bonds is 11. The Balaban J connectivity index is 2.06. The van der Waals surface area contributed by atoms with E-state index in [2.05, 4.69) is 13.8 Å². The molecule has 23 heavy (non-hydrogen) atoms. The summed E-state index contributed by atoms with van der Waals surface area (Å²) in [6, 6.07) is 0. The van der Waals surface area contributed by atoms with Crippen molar-refractivity contribution in [3.05, 3.63) is 0 Å². The molecule has 0 bridgehead atoms. The minimum Gasteiger partial charge on any atom is -0.466 e. The van der Waals surface area contributed by atoms with E-state index < -0.39 is 0 Å². The van der Waals surface area contributed by atoms with Crippen LogP contribution in [-0.2, 0) is 19.1 Å². The fraction of sp³-hybridized carbons (Fsp3) is 0.895. The molecule has 0 N–H and O–H groups in total. The SMILES string of the molecule is CCCCCOC(=O)CCCCC(=O)OC1CCCCC1CC. The molecule has 0 saturated heterocycles. The van der Waals surface area contributed by atoms with Gasteiger partial charge in [0.1, 0.15) is 6.10 Å². The van der Waals surface area contributed by atoms with Crippen LogP contribution in [0.3, 0.4) is 0 Å². The summed E-state index contributed by atoms with van der Waals surface area (Å²) in [5, 5.41) is 0. The molecule has 2 unspecified atom stereocenters. The van der Waals surface area contributed by atoms with E-state index in [0.717, 1.165) is 38.5 Å². The fourth-order valence-corrected chi connectivity index (χ4v) is 3.17. The molecule has 2 atom stereocenters. The quantitative estimate of drug-likeness (QED) is 0.404. The monoisotopic (exact) mass is 326 g/mol. The summed E-state index contributed by atoms with van der Waals surface area (Å²) < 4.78 is 10.8. The Morgan fingerprint density at radius 1 is 0.913 bits per heavy atom. The largest absolute Gasteiger partial charge is 0.466 e. The van der Waals surface area contributed by atoms with Gasteiger partial charge in [0.05, 0.1) is 6.61 Å². The third-order valence-corrected chi connectivity index (χ3v) is 4.67. The molecule has 1 fully saturated rings. The predicted octanol–water partition coefficient (Wildman–Crippen LogP) is 4.79. The van der Waals surface area contributed by atoms with Gasteiger partial charge in [-0.3, -0.25) is 9.59 Å². The van der Waals surface area contributed by atoms with Crippen LogP contribution in [-0.4, -0.2) is 24.6 Å². The van der Waals surface area contributed by atoms with Crippen molar-refractivity contribution in [2.75, 3.05) is 6.61 Å². The summed E-state index contributed by atoms with van der Waals surface area (Å²) in [7, 11) is 0. The van der Waals surface area contributed by atoms with Crippen LogP contribution in [0.25, 0.3) is 0 Å². The zero-order valence-electron chi connectivity index (χ0n) is 15.0. The Morgan fingerprint density at radius 2 is 1.61 bits per heavy atom. The van der Waals surface area contributed by atoms with Crippen LogP contribution in [0.2, 0.25) is 0 Å². The molecule has 0 aromatic rings. The van der Waals surface area contributed by atoms with E-state index in [1.807, 2.05) is 0 Å². The first kappa shape index (κ1) is 20.0. The maximum atomic E-state index is 11.9. The third kappa shape index (κ3) is 8.97. The molecular formula is C19H34O4. The smallest absolute Gasteiger partial charge is 0.306 e. The fourth-order valence-electron chi connectivity index (χ4n) is 3.17. The zero-order valence-corrected chi connectivity index (χ0v) is 15.0. The molecule has 134 valence electrons. The van der Waals surface area contributed by atoms with Gasteiger partial charge in [-0.2, -0.15) is 0 Å². The normalized spacial score (nSPS) is 21.0. The molecule has 1 rings (SSSR count). The number of carbonyl (C=O) groups excluding carboxylic acids is 2. The molecule has 0 radical (unpaired) electrons. The van der Waals surface area contributed by atoms with Gasteiger partial charge in [0, 0.05) is 12.8 Å². The Kier molecular flexibility index (Phi) is 10.8. The number of unbranched alkanes of at least 4 members (excludes halogenated alkanes) is 3. The minimum absolute atomic E-state index is 0.105. The van der Waals surface area contributed by atoms with E-state index in [9.17, 15) is 9.59 Å². The van der Waals surface area contributed by atoms with Gasteiger partial charge in [-0.1, -0.05) is 33.1 Å². The highest BCUT2D eigenvalue weighted by atomic mass is 16.5. The van der Waals surface area contributed by atoms with Gasteiger partial charge in [0.2, 0.25) is 0 Å². The molecule has 0 heterocycles. The molecule has 0 spiro atoms. The highest BCUT2D eigenvalue weighted by Gasteiger charge is 2.26. The Labute approximate surface area is 141 Å². The first-order chi connectivity index (χ1) is 11.2. The number of hydrogen-bond donors (Lipinski definition) is 0. The maximum absolute atomic E-state index is 11.9. The lowest BCUT2D eigenvalue weighted by atomic mass is 9.85. The van der Waals surface area contributed by atoms with Gasteiger partial charge in [0.15, 0.2) is 0 Å². The second-order valence-electron chi connectivity index (χ2n) is 6.62. The van der Waals surface area contributed by atoms with Crippen molar-refractivity contribution in [3.63, 3.8) is 0 Å². The van der Waals surface area contributed by atoms with Gasteiger partial charge >= 0.3 is 11.9 Å². The van der Waals surface area contributed by atoms with E-state index in [-0.39, 0.29) is 18.0 Å². The summed E-state index contributed by atoms with van der Waals surface area (Å²) in [5.74, 6) is 0.283. The minimum atomic E-state index is -0.146. The van der Waals surface area contributed by atoms with Crippen molar-refractivity contribution >= 4 is 11.9 Å². The molecule has 0 aromatic carbocycles. The Bertz CT molecular complexity index is 340. The summed E-state index contributed by atoms with van der Waals surface area (Å²) in [6.07, 6.45) is 11.2. The lowest BCUT2D eigenvalue weighted by molar-refractivity contribution is -0.154. The van der Waals surface area contributed by atoms with E-state index >= 15 is 0 Å². The number of esters is 2. The first-order valence-corrected chi connectivity index (χ1v) is 9.52. The number of ether oxygens (including phenoxy) is 2. The Hall–Kier alpha value is -1.06. The lowest BCUT2D eigenvalue weighted by Gasteiger charge is -2.30. The summed E-state index contributed by atoms with van der Waals surface area (Å²) in [5.41, 5.74) is 0. The third-order valence-electron chi connectivity index (χ3n) is 4.67. The van der Waals surface area contributed by atoms with Crippen LogP contribution < -0.4 is 0 Å². The van der Waals surface area contributed by atoms with Crippen LogP contribution in [0.4, 0.5) is 0 Å². The molecule has 0 aromatic heterocycles. The molecule has 1 aliphatic rings. The topological polar surface area (TPSA) is 52.6 Å². The van der Waals surface area contributed by atoms with Crippen molar-refractivity contribution < 1.29 is 19.1 Å². The van der Waals surface area contributed by atoms with E-state index in [0.29, 0.717) is 38.2 Å². The second kappa shape index (κ2) is 12.4. The molecule has 1 saturated carbocycles. The maximum Gasteiger partial charge on any atom is 0.306 e. The molecular weight excluding hydrogens is 292 g/mol. The van der Waals surface area contributed by atoms with Crippen LogP contribution in [0, 0.1) is 5.92 Å². The van der Waals surface area contributed by atoms with E-state index in [4.69, 9.17) is 9.47 Å². The summed E-state index contributed by atoms with van der Waals surface area (Å²) in [4.78, 5) is 23.4. The van der Waals surface area contributed by atoms with Crippen molar-refractivity contribution in [2.24, 2.45) is 5.92 Å². The summed E-state index contributed by atoms with van der Waals surface area (Å²) >= 11 is 0. The van der Waals surface area contributed by atoms with E-state index in [1.165, 1.54) is 12.8 Å². The highest BCUT2D eigenvalue weighted by Crippen LogP contribution is 2.29. The van der Waals surface area contributed by atoms with Crippen LogP contribution in [0.1, 0.15) is 90.9 Å². The summed E-state index contributed by atoms with van der Waals surface area (Å²) in [6.45, 7) is 4.81. The highest BCUT2D eigenvalue weighted by molar-refractivity contribution is 5.70. The molecule has 1 aliphatic carbocycles. The van der Waals surface area contributed by atoms with Crippen molar-refractivity contribution in [1.82, 2.24) is 0 Å². The number of hydrogen-bond acceptors (Lipinski definition) is 4. The lowest BCUT2D eigenvalue weighted by Crippen LogP contribution is -2.29. The van der Waals surface area contributed by atoms with Crippen LogP contribution in [0.15, 0.2) is 0 Å². The average molecular weight is 326 g/mol. The van der Waals surface area contributed by atoms with Crippen molar-refractivity contribution in [1.29, 1.82) is 0 Å². The van der Waals surface area contributed by atoms with Gasteiger partial charge in [-0.15, -0.1) is 0 Å². The molecule has 0 aliphatic heterocycles. The molecule has 4 heteroatoms. The Morgan fingerprint density at radius 3 is 2.30 bits per heavy atom. The van der Waals surface area contributed by atoms with Gasteiger partial charge < -0.3 is 9.47 Å². The van der Waals surface area contributed by atoms with Crippen molar-refractivity contribution in [2.45, 2.75) is 97.0 Å².